The van der Waals surface area contributed by atoms with Crippen molar-refractivity contribution in [1.29, 1.82) is 0 Å². The first-order valence-corrected chi connectivity index (χ1v) is 22.5. The Morgan fingerprint density at radius 1 is 0.589 bits per heavy atom. The van der Waals surface area contributed by atoms with E-state index in [1.807, 2.05) is 0 Å². The molecule has 11 heteroatoms. The summed E-state index contributed by atoms with van der Waals surface area (Å²) in [6.45, 7) is 24.5. The second-order valence-corrected chi connectivity index (χ2v) is 17.3. The SMILES string of the molecule is CCCCCCCCCCCCCCCC(OCC(C)COCC(C)COCC(C)COCC(C)COCC(C)COCCC)C1COC(C)(CC(=O)[O-])O1.[Na+]. The molecular formula is C45H87NaO10. The first-order valence-electron chi connectivity index (χ1n) is 22.5. The molecule has 0 bridgehead atoms. The monoisotopic (exact) mass is 811 g/mol. The van der Waals surface area contributed by atoms with Gasteiger partial charge in [-0.15, -0.1) is 0 Å². The van der Waals surface area contributed by atoms with E-state index in [0.29, 0.717) is 83.8 Å². The van der Waals surface area contributed by atoms with Gasteiger partial charge >= 0.3 is 29.6 Å². The molecule has 0 aliphatic carbocycles. The van der Waals surface area contributed by atoms with E-state index >= 15 is 0 Å². The molecule has 0 N–H and O–H groups in total. The Hall–Kier alpha value is 0.150. The Bertz CT molecular complexity index is 884. The van der Waals surface area contributed by atoms with E-state index in [9.17, 15) is 9.90 Å². The van der Waals surface area contributed by atoms with E-state index in [4.69, 9.17) is 37.9 Å². The van der Waals surface area contributed by atoms with Crippen molar-refractivity contribution in [2.75, 3.05) is 79.3 Å². The Morgan fingerprint density at radius 3 is 1.36 bits per heavy atom. The van der Waals surface area contributed by atoms with Gasteiger partial charge in [0.25, 0.3) is 0 Å². The summed E-state index contributed by atoms with van der Waals surface area (Å²) in [7, 11) is 0. The molecule has 328 valence electrons. The zero-order valence-electron chi connectivity index (χ0n) is 37.9. The van der Waals surface area contributed by atoms with Crippen molar-refractivity contribution in [3.63, 3.8) is 0 Å². The summed E-state index contributed by atoms with van der Waals surface area (Å²) in [5.74, 6) is -0.803. The molecule has 0 radical (unpaired) electrons. The van der Waals surface area contributed by atoms with Crippen LogP contribution in [0.4, 0.5) is 0 Å². The zero-order valence-corrected chi connectivity index (χ0v) is 39.9. The van der Waals surface area contributed by atoms with Crippen LogP contribution in [0.25, 0.3) is 0 Å². The number of hydrogen-bond donors (Lipinski definition) is 0. The molecule has 1 aliphatic heterocycles. The van der Waals surface area contributed by atoms with Gasteiger partial charge in [-0.25, -0.2) is 0 Å². The molecule has 8 atom stereocenters. The Balaban J connectivity index is 0.0000302. The number of rotatable bonds is 40. The van der Waals surface area contributed by atoms with Gasteiger partial charge in [0.2, 0.25) is 0 Å². The van der Waals surface area contributed by atoms with Crippen LogP contribution in [0.5, 0.6) is 0 Å². The Morgan fingerprint density at radius 2 is 0.964 bits per heavy atom. The van der Waals surface area contributed by atoms with Gasteiger partial charge in [0.15, 0.2) is 5.79 Å². The first-order chi connectivity index (χ1) is 26.5. The molecule has 10 nitrogen and oxygen atoms in total. The zero-order chi connectivity index (χ0) is 40.6. The largest absolute Gasteiger partial charge is 1.00 e. The minimum Gasteiger partial charge on any atom is -0.550 e. The van der Waals surface area contributed by atoms with Crippen molar-refractivity contribution in [2.45, 2.75) is 176 Å². The van der Waals surface area contributed by atoms with Crippen LogP contribution in [0.2, 0.25) is 0 Å². The third-order valence-corrected chi connectivity index (χ3v) is 9.99. The molecule has 1 saturated heterocycles. The predicted molar refractivity (Wildman–Crippen MR) is 219 cm³/mol. The number of aliphatic carboxylic acids is 1. The molecule has 0 spiro atoms. The van der Waals surface area contributed by atoms with Gasteiger partial charge < -0.3 is 47.8 Å². The average molecular weight is 811 g/mol. The van der Waals surface area contributed by atoms with Gasteiger partial charge in [0, 0.05) is 48.6 Å². The van der Waals surface area contributed by atoms with Crippen LogP contribution in [0.15, 0.2) is 0 Å². The van der Waals surface area contributed by atoms with Crippen LogP contribution < -0.4 is 34.7 Å². The van der Waals surface area contributed by atoms with Crippen LogP contribution in [-0.4, -0.2) is 103 Å². The topological polar surface area (TPSA) is 114 Å². The van der Waals surface area contributed by atoms with E-state index in [-0.39, 0.29) is 60.0 Å². The summed E-state index contributed by atoms with van der Waals surface area (Å²) in [5, 5.41) is 11.3. The molecule has 0 aromatic rings. The molecule has 0 saturated carbocycles. The second kappa shape index (κ2) is 37.0. The summed E-state index contributed by atoms with van der Waals surface area (Å²) in [6.07, 6.45) is 18.2. The maximum atomic E-state index is 11.3. The van der Waals surface area contributed by atoms with Gasteiger partial charge in [-0.3, -0.25) is 0 Å². The number of carbonyl (C=O) groups excluding carboxylic acids is 1. The van der Waals surface area contributed by atoms with Gasteiger partial charge in [-0.2, -0.15) is 0 Å². The number of ether oxygens (including phenoxy) is 8. The van der Waals surface area contributed by atoms with E-state index in [2.05, 4.69) is 48.5 Å². The molecule has 1 rings (SSSR count). The predicted octanol–water partition coefficient (Wildman–Crippen LogP) is 5.80. The van der Waals surface area contributed by atoms with Crippen molar-refractivity contribution in [3.05, 3.63) is 0 Å². The van der Waals surface area contributed by atoms with Gasteiger partial charge in [0.1, 0.15) is 6.10 Å². The quantitative estimate of drug-likeness (QED) is 0.0556. The minimum absolute atomic E-state index is 0. The van der Waals surface area contributed by atoms with E-state index < -0.39 is 11.8 Å². The van der Waals surface area contributed by atoms with Crippen LogP contribution in [-0.2, 0) is 42.7 Å². The van der Waals surface area contributed by atoms with Gasteiger partial charge in [-0.1, -0.05) is 132 Å². The van der Waals surface area contributed by atoms with E-state index in [1.165, 1.54) is 70.6 Å². The number of carboxylic acids is 1. The molecular weight excluding hydrogens is 723 g/mol. The van der Waals surface area contributed by atoms with Crippen LogP contribution in [0.3, 0.4) is 0 Å². The summed E-state index contributed by atoms with van der Waals surface area (Å²) in [6, 6.07) is 0. The first kappa shape index (κ1) is 56.1. The maximum Gasteiger partial charge on any atom is 1.00 e. The Labute approximate surface area is 366 Å². The molecule has 1 heterocycles. The van der Waals surface area contributed by atoms with Crippen LogP contribution in [0.1, 0.15) is 158 Å². The van der Waals surface area contributed by atoms with Crippen molar-refractivity contribution in [2.24, 2.45) is 29.6 Å². The normalized spacial score (nSPS) is 20.3. The number of unbranched alkanes of at least 4 members (excludes halogenated alkanes) is 12. The fourth-order valence-electron chi connectivity index (χ4n) is 6.76. The molecule has 56 heavy (non-hydrogen) atoms. The van der Waals surface area contributed by atoms with Crippen LogP contribution >= 0.6 is 0 Å². The van der Waals surface area contributed by atoms with Crippen molar-refractivity contribution < 1.29 is 77.4 Å². The Kier molecular flexibility index (Phi) is 37.1. The summed E-state index contributed by atoms with van der Waals surface area (Å²) >= 11 is 0. The summed E-state index contributed by atoms with van der Waals surface area (Å²) in [4.78, 5) is 11.3. The third-order valence-electron chi connectivity index (χ3n) is 9.99. The van der Waals surface area contributed by atoms with Crippen molar-refractivity contribution >= 4 is 5.97 Å². The van der Waals surface area contributed by atoms with Crippen molar-refractivity contribution in [1.82, 2.24) is 0 Å². The van der Waals surface area contributed by atoms with Gasteiger partial charge in [-0.05, 0) is 19.8 Å². The van der Waals surface area contributed by atoms with E-state index in [0.717, 1.165) is 38.9 Å². The second-order valence-electron chi connectivity index (χ2n) is 17.3. The standard InChI is InChI=1S/C45H88O10.Na/c1-9-11-12-13-14-15-16-17-18-19-20-21-22-23-42(43-36-54-45(8,55-43)25-44(46)47)53-35-41(7)34-52-33-40(6)32-51-31-39(5)30-50-29-38(4)28-49-27-37(3)26-48-24-10-2;/h37-43H,9-36H2,1-8H3,(H,46,47);/q;+1/p-1. The number of carbonyl (C=O) groups is 1. The smallest absolute Gasteiger partial charge is 0.550 e. The fraction of sp³-hybridized carbons (Fsp3) is 0.978. The molecule has 0 aromatic heterocycles. The average Bonchev–Trinajstić information content (AvgIpc) is 3.51. The van der Waals surface area contributed by atoms with Crippen LogP contribution in [0, 0.1) is 29.6 Å². The fourth-order valence-corrected chi connectivity index (χ4v) is 6.76. The molecule has 0 amide bonds. The molecule has 1 aliphatic rings. The third kappa shape index (κ3) is 32.0. The molecule has 8 unspecified atom stereocenters. The summed E-state index contributed by atoms with van der Waals surface area (Å²) in [5.41, 5.74) is 0. The molecule has 0 aromatic carbocycles. The maximum absolute atomic E-state index is 11.3. The van der Waals surface area contributed by atoms with Crippen molar-refractivity contribution in [3.8, 4) is 0 Å². The van der Waals surface area contributed by atoms with E-state index in [1.54, 1.807) is 6.92 Å². The number of hydrogen-bond acceptors (Lipinski definition) is 10. The summed E-state index contributed by atoms with van der Waals surface area (Å²) < 4.78 is 47.8. The minimum atomic E-state index is -1.18. The molecule has 1 fully saturated rings. The van der Waals surface area contributed by atoms with Gasteiger partial charge in [0.05, 0.1) is 78.8 Å². The number of carboxylic acid groups (broad SMARTS) is 1.